The van der Waals surface area contributed by atoms with Gasteiger partial charge in [0.25, 0.3) is 0 Å². The van der Waals surface area contributed by atoms with E-state index in [9.17, 15) is 4.79 Å². The smallest absolute Gasteiger partial charge is 0.303 e. The first-order valence-corrected chi connectivity index (χ1v) is 4.38. The van der Waals surface area contributed by atoms with Crippen LogP contribution in [0.25, 0.3) is 0 Å². The molecule has 0 radical (unpaired) electrons. The van der Waals surface area contributed by atoms with Crippen LogP contribution in [-0.4, -0.2) is 24.8 Å². The van der Waals surface area contributed by atoms with Gasteiger partial charge in [0.1, 0.15) is 5.60 Å². The average Bonchev–Trinajstić information content (AvgIpc) is 2.32. The van der Waals surface area contributed by atoms with Gasteiger partial charge < -0.3 is 9.47 Å². The molecule has 1 atom stereocenters. The van der Waals surface area contributed by atoms with E-state index in [1.807, 2.05) is 13.8 Å². The number of ether oxygens (including phenoxy) is 2. The van der Waals surface area contributed by atoms with Crippen molar-refractivity contribution in [2.24, 2.45) is 5.92 Å². The Labute approximate surface area is 78.7 Å². The normalized spacial score (nSPS) is 23.3. The predicted molar refractivity (Wildman–Crippen MR) is 49.3 cm³/mol. The Morgan fingerprint density at radius 1 is 1.69 bits per heavy atom. The highest BCUT2D eigenvalue weighted by Crippen LogP contribution is 2.31. The van der Waals surface area contributed by atoms with E-state index < -0.39 is 5.60 Å². The highest BCUT2D eigenvalue weighted by molar-refractivity contribution is 5.66. The molecule has 0 aromatic heterocycles. The molecule has 0 amide bonds. The highest BCUT2D eigenvalue weighted by atomic mass is 16.6. The van der Waals surface area contributed by atoms with Gasteiger partial charge in [0.05, 0.1) is 13.2 Å². The van der Waals surface area contributed by atoms with Crippen molar-refractivity contribution in [1.82, 2.24) is 0 Å². The molecule has 0 aliphatic carbocycles. The molecule has 0 N–H and O–H groups in total. The van der Waals surface area contributed by atoms with Gasteiger partial charge in [0.15, 0.2) is 0 Å². The fourth-order valence-corrected chi connectivity index (χ4v) is 1.66. The molecule has 3 nitrogen and oxygen atoms in total. The van der Waals surface area contributed by atoms with Crippen molar-refractivity contribution in [2.45, 2.75) is 26.4 Å². The molecule has 0 bridgehead atoms. The quantitative estimate of drug-likeness (QED) is 0.482. The first-order chi connectivity index (χ1) is 5.93. The second-order valence-electron chi connectivity index (χ2n) is 3.92. The number of esters is 1. The minimum Gasteiger partial charge on any atom is -0.459 e. The summed E-state index contributed by atoms with van der Waals surface area (Å²) < 4.78 is 10.5. The molecule has 1 rings (SSSR count). The predicted octanol–water partition coefficient (Wildman–Crippen LogP) is 1.53. The number of hydrogen-bond donors (Lipinski definition) is 0. The van der Waals surface area contributed by atoms with Gasteiger partial charge in [-0.1, -0.05) is 6.58 Å². The minimum atomic E-state index is -0.501. The Kier molecular flexibility index (Phi) is 2.76. The summed E-state index contributed by atoms with van der Waals surface area (Å²) in [6, 6.07) is 0. The van der Waals surface area contributed by atoms with Crippen LogP contribution in [0.5, 0.6) is 0 Å². The fraction of sp³-hybridized carbons (Fsp3) is 0.700. The summed E-state index contributed by atoms with van der Waals surface area (Å²) in [5.74, 6) is -0.138. The summed E-state index contributed by atoms with van der Waals surface area (Å²) in [5.41, 5.74) is 0.505. The van der Waals surface area contributed by atoms with Crippen LogP contribution in [0.15, 0.2) is 12.2 Å². The lowest BCUT2D eigenvalue weighted by Crippen LogP contribution is -2.37. The zero-order valence-electron chi connectivity index (χ0n) is 8.42. The Hall–Kier alpha value is -0.830. The number of hydrogen-bond acceptors (Lipinski definition) is 3. The second kappa shape index (κ2) is 3.50. The van der Waals surface area contributed by atoms with Crippen molar-refractivity contribution >= 4 is 5.97 Å². The lowest BCUT2D eigenvalue weighted by Gasteiger charge is -2.30. The second-order valence-corrected chi connectivity index (χ2v) is 3.92. The first kappa shape index (κ1) is 10.3. The van der Waals surface area contributed by atoms with Crippen LogP contribution in [0.2, 0.25) is 0 Å². The van der Waals surface area contributed by atoms with Crippen molar-refractivity contribution in [3.8, 4) is 0 Å². The van der Waals surface area contributed by atoms with E-state index in [4.69, 9.17) is 9.47 Å². The van der Waals surface area contributed by atoms with Crippen LogP contribution >= 0.6 is 0 Å². The summed E-state index contributed by atoms with van der Waals surface area (Å²) in [6.45, 7) is 10.3. The molecule has 1 unspecified atom stereocenters. The van der Waals surface area contributed by atoms with Gasteiger partial charge in [-0.25, -0.2) is 0 Å². The van der Waals surface area contributed by atoms with Crippen LogP contribution in [-0.2, 0) is 14.3 Å². The molecule has 0 spiro atoms. The van der Waals surface area contributed by atoms with E-state index in [0.29, 0.717) is 13.2 Å². The zero-order valence-corrected chi connectivity index (χ0v) is 8.42. The van der Waals surface area contributed by atoms with Gasteiger partial charge >= 0.3 is 5.97 Å². The lowest BCUT2D eigenvalue weighted by atomic mass is 9.87. The fourth-order valence-electron chi connectivity index (χ4n) is 1.66. The van der Waals surface area contributed by atoms with E-state index in [0.717, 1.165) is 5.57 Å². The zero-order chi connectivity index (χ0) is 10.1. The Balaban J connectivity index is 2.67. The molecule has 0 aromatic carbocycles. The van der Waals surface area contributed by atoms with E-state index in [-0.39, 0.29) is 11.9 Å². The molecule has 0 saturated carbocycles. The molecule has 1 fully saturated rings. The molecule has 1 aliphatic heterocycles. The maximum atomic E-state index is 10.8. The summed E-state index contributed by atoms with van der Waals surface area (Å²) in [5, 5.41) is 0. The monoisotopic (exact) mass is 184 g/mol. The molecular weight excluding hydrogens is 168 g/mol. The third-order valence-electron chi connectivity index (χ3n) is 2.31. The molecule has 1 saturated heterocycles. The van der Waals surface area contributed by atoms with Gasteiger partial charge in [0.2, 0.25) is 0 Å². The summed E-state index contributed by atoms with van der Waals surface area (Å²) in [7, 11) is 0. The van der Waals surface area contributed by atoms with Crippen molar-refractivity contribution in [1.29, 1.82) is 0 Å². The van der Waals surface area contributed by atoms with Crippen LogP contribution < -0.4 is 0 Å². The summed E-state index contributed by atoms with van der Waals surface area (Å²) in [6.07, 6.45) is 0. The van der Waals surface area contributed by atoms with Crippen LogP contribution in [0.3, 0.4) is 0 Å². The number of carbonyl (C=O) groups excluding carboxylic acids is 1. The maximum absolute atomic E-state index is 10.8. The largest absolute Gasteiger partial charge is 0.459 e. The number of carbonyl (C=O) groups is 1. The molecule has 13 heavy (non-hydrogen) atoms. The summed E-state index contributed by atoms with van der Waals surface area (Å²) in [4.78, 5) is 10.8. The average molecular weight is 184 g/mol. The molecule has 1 aliphatic rings. The van der Waals surface area contributed by atoms with E-state index in [1.165, 1.54) is 6.92 Å². The Morgan fingerprint density at radius 3 is 2.69 bits per heavy atom. The van der Waals surface area contributed by atoms with Gasteiger partial charge in [-0.05, 0) is 19.4 Å². The van der Waals surface area contributed by atoms with Gasteiger partial charge in [-0.2, -0.15) is 0 Å². The Bertz CT molecular complexity index is 230. The minimum absolute atomic E-state index is 0.122. The SMILES string of the molecule is C=C1COCC1C(C)(C)OC(C)=O. The van der Waals surface area contributed by atoms with Crippen LogP contribution in [0, 0.1) is 5.92 Å². The lowest BCUT2D eigenvalue weighted by molar-refractivity contribution is -0.157. The van der Waals surface area contributed by atoms with Crippen LogP contribution in [0.4, 0.5) is 0 Å². The molecule has 1 heterocycles. The van der Waals surface area contributed by atoms with Gasteiger partial charge in [-0.3, -0.25) is 4.79 Å². The van der Waals surface area contributed by atoms with Gasteiger partial charge in [0, 0.05) is 12.8 Å². The molecule has 0 aromatic rings. The molecular formula is C10H16O3. The molecule has 3 heteroatoms. The van der Waals surface area contributed by atoms with Crippen LogP contribution in [0.1, 0.15) is 20.8 Å². The Morgan fingerprint density at radius 2 is 2.31 bits per heavy atom. The van der Waals surface area contributed by atoms with Crippen molar-refractivity contribution < 1.29 is 14.3 Å². The third kappa shape index (κ3) is 2.31. The van der Waals surface area contributed by atoms with Crippen molar-refractivity contribution in [2.75, 3.05) is 13.2 Å². The maximum Gasteiger partial charge on any atom is 0.303 e. The summed E-state index contributed by atoms with van der Waals surface area (Å²) >= 11 is 0. The first-order valence-electron chi connectivity index (χ1n) is 4.38. The van der Waals surface area contributed by atoms with E-state index in [2.05, 4.69) is 6.58 Å². The van der Waals surface area contributed by atoms with E-state index in [1.54, 1.807) is 0 Å². The van der Waals surface area contributed by atoms with Gasteiger partial charge in [-0.15, -0.1) is 0 Å². The van der Waals surface area contributed by atoms with Crippen molar-refractivity contribution in [3.63, 3.8) is 0 Å². The third-order valence-corrected chi connectivity index (χ3v) is 2.31. The van der Waals surface area contributed by atoms with E-state index >= 15 is 0 Å². The molecule has 74 valence electrons. The highest BCUT2D eigenvalue weighted by Gasteiger charge is 2.37. The topological polar surface area (TPSA) is 35.5 Å². The van der Waals surface area contributed by atoms with Crippen molar-refractivity contribution in [3.05, 3.63) is 12.2 Å². The number of rotatable bonds is 2. The standard InChI is InChI=1S/C10H16O3/c1-7-5-12-6-9(7)10(3,4)13-8(2)11/h9H,1,5-6H2,2-4H3.